The summed E-state index contributed by atoms with van der Waals surface area (Å²) in [5.74, 6) is 1.33. The molecule has 0 saturated carbocycles. The van der Waals surface area contributed by atoms with Crippen LogP contribution in [0.1, 0.15) is 13.8 Å². The zero-order chi connectivity index (χ0) is 9.40. The fourth-order valence-corrected chi connectivity index (χ4v) is 0.588. The van der Waals surface area contributed by atoms with Crippen LogP contribution < -0.4 is 10.1 Å². The number of rotatable bonds is 2. The van der Waals surface area contributed by atoms with Gasteiger partial charge >= 0.3 is 0 Å². The second kappa shape index (κ2) is 6.39. The first kappa shape index (κ1) is 10.7. The maximum Gasteiger partial charge on any atom is 0.218 e. The van der Waals surface area contributed by atoms with Gasteiger partial charge in [0.1, 0.15) is 12.1 Å². The minimum Gasteiger partial charge on any atom is -0.481 e. The van der Waals surface area contributed by atoms with Gasteiger partial charge in [-0.05, 0) is 0 Å². The van der Waals surface area contributed by atoms with Crippen LogP contribution >= 0.6 is 0 Å². The number of nitrogens with one attached hydrogen (secondary N) is 1. The molecule has 0 unspecified atom stereocenters. The Morgan fingerprint density at radius 3 is 2.50 bits per heavy atom. The van der Waals surface area contributed by atoms with Crippen molar-refractivity contribution >= 4 is 5.82 Å². The lowest BCUT2D eigenvalue weighted by Crippen LogP contribution is -1.94. The van der Waals surface area contributed by atoms with Gasteiger partial charge in [0, 0.05) is 13.1 Å². The van der Waals surface area contributed by atoms with Gasteiger partial charge in [0.2, 0.25) is 5.88 Å². The monoisotopic (exact) mass is 169 g/mol. The van der Waals surface area contributed by atoms with Crippen molar-refractivity contribution in [3.63, 3.8) is 0 Å². The van der Waals surface area contributed by atoms with E-state index in [1.165, 1.54) is 6.33 Å². The van der Waals surface area contributed by atoms with Gasteiger partial charge in [-0.2, -0.15) is 0 Å². The number of nitrogens with zero attached hydrogens (tertiary/aromatic N) is 2. The number of hydrogen-bond acceptors (Lipinski definition) is 4. The summed E-state index contributed by atoms with van der Waals surface area (Å²) in [5, 5.41) is 2.87. The minimum atomic E-state index is 0.569. The van der Waals surface area contributed by atoms with E-state index in [4.69, 9.17) is 4.74 Å². The molecule has 0 fully saturated rings. The number of ether oxygens (including phenoxy) is 1. The van der Waals surface area contributed by atoms with Gasteiger partial charge in [-0.25, -0.2) is 9.97 Å². The molecule has 0 spiro atoms. The fraction of sp³-hybridized carbons (Fsp3) is 0.500. The molecule has 1 heterocycles. The molecule has 0 radical (unpaired) electrons. The van der Waals surface area contributed by atoms with Crippen LogP contribution in [-0.4, -0.2) is 24.1 Å². The molecule has 0 aromatic carbocycles. The van der Waals surface area contributed by atoms with Crippen molar-refractivity contribution in [1.82, 2.24) is 9.97 Å². The molecule has 4 nitrogen and oxygen atoms in total. The van der Waals surface area contributed by atoms with E-state index in [1.807, 2.05) is 13.8 Å². The van der Waals surface area contributed by atoms with Crippen LogP contribution in [0.25, 0.3) is 0 Å². The van der Waals surface area contributed by atoms with Crippen LogP contribution in [0, 0.1) is 0 Å². The molecule has 0 atom stereocenters. The van der Waals surface area contributed by atoms with Crippen molar-refractivity contribution in [3.8, 4) is 5.88 Å². The SMILES string of the molecule is CC.CNc1cc(OC)ncn1. The molecule has 12 heavy (non-hydrogen) atoms. The highest BCUT2D eigenvalue weighted by atomic mass is 16.5. The van der Waals surface area contributed by atoms with E-state index < -0.39 is 0 Å². The highest BCUT2D eigenvalue weighted by Crippen LogP contribution is 2.08. The smallest absolute Gasteiger partial charge is 0.218 e. The molecule has 1 rings (SSSR count). The lowest BCUT2D eigenvalue weighted by molar-refractivity contribution is 0.397. The number of methoxy groups -OCH3 is 1. The van der Waals surface area contributed by atoms with Crippen molar-refractivity contribution < 1.29 is 4.74 Å². The summed E-state index contributed by atoms with van der Waals surface area (Å²) in [6.07, 6.45) is 1.45. The lowest BCUT2D eigenvalue weighted by atomic mass is 10.5. The van der Waals surface area contributed by atoms with Crippen molar-refractivity contribution in [1.29, 1.82) is 0 Å². The van der Waals surface area contributed by atoms with Crippen LogP contribution in [0.2, 0.25) is 0 Å². The van der Waals surface area contributed by atoms with E-state index in [0.29, 0.717) is 5.88 Å². The van der Waals surface area contributed by atoms with Gasteiger partial charge in [-0.1, -0.05) is 13.8 Å². The standard InChI is InChI=1S/C6H9N3O.C2H6/c1-7-5-3-6(10-2)9-4-8-5;1-2/h3-4H,1-2H3,(H,7,8,9);1-2H3. The average Bonchev–Trinajstić information content (AvgIpc) is 2.21. The molecule has 1 aromatic heterocycles. The molecule has 0 bridgehead atoms. The summed E-state index contributed by atoms with van der Waals surface area (Å²) in [4.78, 5) is 7.74. The topological polar surface area (TPSA) is 47.0 Å². The summed E-state index contributed by atoms with van der Waals surface area (Å²) >= 11 is 0. The molecule has 0 aliphatic carbocycles. The van der Waals surface area contributed by atoms with Gasteiger partial charge in [-0.3, -0.25) is 0 Å². The van der Waals surface area contributed by atoms with Gasteiger partial charge in [-0.15, -0.1) is 0 Å². The van der Waals surface area contributed by atoms with Gasteiger partial charge in [0.25, 0.3) is 0 Å². The highest BCUT2D eigenvalue weighted by Gasteiger charge is 1.92. The van der Waals surface area contributed by atoms with E-state index in [9.17, 15) is 0 Å². The lowest BCUT2D eigenvalue weighted by Gasteiger charge is -1.99. The van der Waals surface area contributed by atoms with Crippen molar-refractivity contribution in [3.05, 3.63) is 12.4 Å². The maximum atomic E-state index is 4.87. The van der Waals surface area contributed by atoms with Crippen LogP contribution in [0.3, 0.4) is 0 Å². The number of hydrogen-bond donors (Lipinski definition) is 1. The van der Waals surface area contributed by atoms with E-state index in [0.717, 1.165) is 5.82 Å². The Balaban J connectivity index is 0.000000561. The third-order valence-corrected chi connectivity index (χ3v) is 1.11. The largest absolute Gasteiger partial charge is 0.481 e. The summed E-state index contributed by atoms with van der Waals surface area (Å²) in [7, 11) is 3.36. The second-order valence-corrected chi connectivity index (χ2v) is 1.70. The summed E-state index contributed by atoms with van der Waals surface area (Å²) in [6.45, 7) is 4.00. The predicted octanol–water partition coefficient (Wildman–Crippen LogP) is 1.55. The van der Waals surface area contributed by atoms with Gasteiger partial charge < -0.3 is 10.1 Å². The maximum absolute atomic E-state index is 4.87. The van der Waals surface area contributed by atoms with Crippen LogP contribution in [0.4, 0.5) is 5.82 Å². The van der Waals surface area contributed by atoms with E-state index >= 15 is 0 Å². The van der Waals surface area contributed by atoms with Gasteiger partial charge in [0.15, 0.2) is 0 Å². The Morgan fingerprint density at radius 2 is 2.00 bits per heavy atom. The van der Waals surface area contributed by atoms with Crippen molar-refractivity contribution in [2.75, 3.05) is 19.5 Å². The third kappa shape index (κ3) is 3.18. The Kier molecular flexibility index (Phi) is 5.69. The molecule has 0 aliphatic rings. The van der Waals surface area contributed by atoms with Crippen molar-refractivity contribution in [2.45, 2.75) is 13.8 Å². The number of aromatic nitrogens is 2. The Labute approximate surface area is 73.0 Å². The quantitative estimate of drug-likeness (QED) is 0.729. The average molecular weight is 169 g/mol. The number of anilines is 1. The van der Waals surface area contributed by atoms with Crippen LogP contribution in [0.15, 0.2) is 12.4 Å². The van der Waals surface area contributed by atoms with Crippen LogP contribution in [-0.2, 0) is 0 Å². The van der Waals surface area contributed by atoms with Crippen LogP contribution in [0.5, 0.6) is 5.88 Å². The summed E-state index contributed by atoms with van der Waals surface area (Å²) in [6, 6.07) is 1.72. The summed E-state index contributed by atoms with van der Waals surface area (Å²) < 4.78 is 4.87. The molecule has 0 aliphatic heterocycles. The zero-order valence-corrected chi connectivity index (χ0v) is 7.96. The third-order valence-electron chi connectivity index (χ3n) is 1.11. The van der Waals surface area contributed by atoms with E-state index in [-0.39, 0.29) is 0 Å². The molecule has 4 heteroatoms. The molecule has 0 amide bonds. The second-order valence-electron chi connectivity index (χ2n) is 1.70. The predicted molar refractivity (Wildman–Crippen MR) is 49.5 cm³/mol. The molecule has 1 N–H and O–H groups in total. The first-order chi connectivity index (χ1) is 5.86. The fourth-order valence-electron chi connectivity index (χ4n) is 0.588. The molecule has 68 valence electrons. The normalized spacial score (nSPS) is 8.00. The summed E-state index contributed by atoms with van der Waals surface area (Å²) in [5.41, 5.74) is 0. The minimum absolute atomic E-state index is 0.569. The van der Waals surface area contributed by atoms with E-state index in [1.54, 1.807) is 20.2 Å². The first-order valence-corrected chi connectivity index (χ1v) is 3.90. The van der Waals surface area contributed by atoms with E-state index in [2.05, 4.69) is 15.3 Å². The molecular weight excluding hydrogens is 154 g/mol. The first-order valence-electron chi connectivity index (χ1n) is 3.90. The molecule has 0 saturated heterocycles. The van der Waals surface area contributed by atoms with Gasteiger partial charge in [0.05, 0.1) is 7.11 Å². The molecule has 1 aromatic rings. The Bertz CT molecular complexity index is 196. The Hall–Kier alpha value is -1.32. The Morgan fingerprint density at radius 1 is 1.33 bits per heavy atom. The van der Waals surface area contributed by atoms with Crippen molar-refractivity contribution in [2.24, 2.45) is 0 Å². The molecular formula is C8H15N3O. The highest BCUT2D eigenvalue weighted by molar-refractivity contribution is 5.35. The zero-order valence-electron chi connectivity index (χ0n) is 7.96.